The molecular formula is C25H38BN5O7. The number of aliphatic imine (C=N–C) groups is 1. The van der Waals surface area contributed by atoms with E-state index in [2.05, 4.69) is 4.99 Å². The van der Waals surface area contributed by atoms with Crippen LogP contribution in [0, 0.1) is 0 Å². The summed E-state index contributed by atoms with van der Waals surface area (Å²) in [7, 11) is 2.54. The monoisotopic (exact) mass is 531 g/mol. The van der Waals surface area contributed by atoms with Crippen LogP contribution >= 0.6 is 0 Å². The molecule has 38 heavy (non-hydrogen) atoms. The van der Waals surface area contributed by atoms with E-state index in [1.807, 2.05) is 33.8 Å². The van der Waals surface area contributed by atoms with E-state index < -0.39 is 36.1 Å². The summed E-state index contributed by atoms with van der Waals surface area (Å²) in [5.41, 5.74) is -0.524. The number of rotatable bonds is 3. The molecule has 208 valence electrons. The molecule has 1 N–H and O–H groups in total. The molecule has 1 aromatic carbocycles. The maximum Gasteiger partial charge on any atom is 0.494 e. The van der Waals surface area contributed by atoms with E-state index in [1.165, 1.54) is 14.7 Å². The van der Waals surface area contributed by atoms with Crippen LogP contribution in [0.5, 0.6) is 0 Å². The molecule has 4 amide bonds. The number of ether oxygens (including phenoxy) is 1. The number of carboxylic acid groups (broad SMARTS) is 1. The summed E-state index contributed by atoms with van der Waals surface area (Å²) < 4.78 is 17.6. The molecule has 3 rings (SSSR count). The van der Waals surface area contributed by atoms with Crippen molar-refractivity contribution in [2.24, 2.45) is 4.99 Å². The summed E-state index contributed by atoms with van der Waals surface area (Å²) in [6.45, 7) is 12.8. The minimum absolute atomic E-state index is 0.0303. The molecule has 0 saturated carbocycles. The van der Waals surface area contributed by atoms with Crippen LogP contribution in [0.25, 0.3) is 0 Å². The molecule has 0 unspecified atom stereocenters. The zero-order valence-electron chi connectivity index (χ0n) is 23.6. The topological polar surface area (TPSA) is 124 Å². The minimum atomic E-state index is -1.32. The molecule has 0 atom stereocenters. The third-order valence-electron chi connectivity index (χ3n) is 6.58. The van der Waals surface area contributed by atoms with Crippen LogP contribution in [0.2, 0.25) is 0 Å². The number of hydrogen-bond donors (Lipinski definition) is 1. The molecular weight excluding hydrogens is 493 g/mol. The van der Waals surface area contributed by atoms with Gasteiger partial charge in [0.2, 0.25) is 5.96 Å². The van der Waals surface area contributed by atoms with E-state index in [9.17, 15) is 19.5 Å². The fourth-order valence-electron chi connectivity index (χ4n) is 3.99. The van der Waals surface area contributed by atoms with Crippen molar-refractivity contribution < 1.29 is 33.5 Å². The van der Waals surface area contributed by atoms with Crippen LogP contribution in [-0.2, 0) is 20.6 Å². The first-order valence-electron chi connectivity index (χ1n) is 12.4. The Labute approximate surface area is 224 Å². The molecule has 2 saturated heterocycles. The smallest absolute Gasteiger partial charge is 0.465 e. The summed E-state index contributed by atoms with van der Waals surface area (Å²) in [5.74, 6) is -0.154. The lowest BCUT2D eigenvalue weighted by molar-refractivity contribution is 0.00578. The van der Waals surface area contributed by atoms with Gasteiger partial charge in [0, 0.05) is 14.1 Å². The lowest BCUT2D eigenvalue weighted by Gasteiger charge is -2.41. The normalized spacial score (nSPS) is 19.6. The van der Waals surface area contributed by atoms with Crippen LogP contribution in [0.15, 0.2) is 29.3 Å². The first kappa shape index (κ1) is 29.2. The van der Waals surface area contributed by atoms with Crippen LogP contribution in [0.1, 0.15) is 54.0 Å². The number of guanidine groups is 1. The maximum atomic E-state index is 12.7. The second-order valence-electron chi connectivity index (χ2n) is 11.6. The van der Waals surface area contributed by atoms with Crippen LogP contribution in [-0.4, -0.2) is 100 Å². The van der Waals surface area contributed by atoms with Gasteiger partial charge in [-0.3, -0.25) is 0 Å². The summed E-state index contributed by atoms with van der Waals surface area (Å²) in [4.78, 5) is 46.8. The van der Waals surface area contributed by atoms with Gasteiger partial charge >= 0.3 is 25.3 Å². The Hall–Kier alpha value is -3.32. The molecule has 2 aliphatic rings. The fraction of sp³-hybridized carbons (Fsp3) is 0.600. The third kappa shape index (κ3) is 6.57. The Balaban J connectivity index is 1.95. The number of carbonyl (C=O) groups excluding carboxylic acids is 2. The van der Waals surface area contributed by atoms with Crippen molar-refractivity contribution in [2.45, 2.75) is 71.8 Å². The maximum absolute atomic E-state index is 12.7. The average Bonchev–Trinajstić information content (AvgIpc) is 3.00. The number of amides is 4. The van der Waals surface area contributed by atoms with E-state index >= 15 is 0 Å². The van der Waals surface area contributed by atoms with E-state index in [0.29, 0.717) is 5.56 Å². The van der Waals surface area contributed by atoms with Crippen molar-refractivity contribution in [3.63, 3.8) is 0 Å². The first-order valence-corrected chi connectivity index (χ1v) is 12.4. The molecule has 13 heteroatoms. The predicted molar refractivity (Wildman–Crippen MR) is 142 cm³/mol. The van der Waals surface area contributed by atoms with Gasteiger partial charge in [0.1, 0.15) is 5.60 Å². The summed E-state index contributed by atoms with van der Waals surface area (Å²) in [6, 6.07) is 6.98. The number of urea groups is 1. The summed E-state index contributed by atoms with van der Waals surface area (Å²) in [5, 5.41) is 10.2. The Bertz CT molecular complexity index is 1090. The lowest BCUT2D eigenvalue weighted by Crippen LogP contribution is -2.60. The number of hydrogen-bond acceptors (Lipinski definition) is 6. The Kier molecular flexibility index (Phi) is 8.04. The lowest BCUT2D eigenvalue weighted by atomic mass is 9.78. The van der Waals surface area contributed by atoms with Crippen molar-refractivity contribution in [3.8, 4) is 0 Å². The van der Waals surface area contributed by atoms with Gasteiger partial charge in [-0.15, -0.1) is 4.99 Å². The van der Waals surface area contributed by atoms with Gasteiger partial charge in [-0.2, -0.15) is 0 Å². The second kappa shape index (κ2) is 10.4. The predicted octanol–water partition coefficient (Wildman–Crippen LogP) is 2.97. The first-order chi connectivity index (χ1) is 17.4. The van der Waals surface area contributed by atoms with Gasteiger partial charge in [-0.1, -0.05) is 24.3 Å². The van der Waals surface area contributed by atoms with Gasteiger partial charge in [-0.05, 0) is 59.5 Å². The molecule has 0 aromatic heterocycles. The SMILES string of the molecule is CN1CN(/C(=N/C(=O)OC(C)(C)C)N(Cc2cccc(B3OC(C)(C)C(C)(C)O3)c2)C(=O)O)CN(C)C1=O. The van der Waals surface area contributed by atoms with Crippen molar-refractivity contribution in [3.05, 3.63) is 29.8 Å². The molecule has 0 bridgehead atoms. The minimum Gasteiger partial charge on any atom is -0.465 e. The number of nitrogens with zero attached hydrogens (tertiary/aromatic N) is 5. The van der Waals surface area contributed by atoms with E-state index in [1.54, 1.807) is 53.1 Å². The molecule has 0 spiro atoms. The van der Waals surface area contributed by atoms with Crippen molar-refractivity contribution in [1.29, 1.82) is 0 Å². The Morgan fingerprint density at radius 2 is 1.66 bits per heavy atom. The van der Waals surface area contributed by atoms with Gasteiger partial charge in [0.25, 0.3) is 0 Å². The zero-order valence-corrected chi connectivity index (χ0v) is 23.6. The van der Waals surface area contributed by atoms with Crippen molar-refractivity contribution in [1.82, 2.24) is 19.6 Å². The number of benzene rings is 1. The van der Waals surface area contributed by atoms with Gasteiger partial charge < -0.3 is 33.9 Å². The van der Waals surface area contributed by atoms with Gasteiger partial charge in [0.15, 0.2) is 0 Å². The largest absolute Gasteiger partial charge is 0.494 e. The molecule has 12 nitrogen and oxygen atoms in total. The molecule has 2 aliphatic heterocycles. The third-order valence-corrected chi connectivity index (χ3v) is 6.58. The number of carbonyl (C=O) groups is 3. The van der Waals surface area contributed by atoms with E-state index in [4.69, 9.17) is 14.0 Å². The molecule has 0 aliphatic carbocycles. The Morgan fingerprint density at radius 1 is 1.11 bits per heavy atom. The standard InChI is InChI=1S/C25H38BN5O7/c1-23(2,3)36-20(32)27-19(30-15-28(8)21(33)29(9)16-30)31(22(34)35)14-17-11-10-12-18(13-17)26-37-24(4,5)25(6,7)38-26/h10-13H,14-16H2,1-9H3,(H,34,35)/b27-19-. The molecule has 2 heterocycles. The fourth-order valence-corrected chi connectivity index (χ4v) is 3.99. The van der Waals surface area contributed by atoms with Gasteiger partial charge in [-0.25, -0.2) is 19.3 Å². The highest BCUT2D eigenvalue weighted by Crippen LogP contribution is 2.36. The molecule has 2 fully saturated rings. The summed E-state index contributed by atoms with van der Waals surface area (Å²) >= 11 is 0. The van der Waals surface area contributed by atoms with Crippen molar-refractivity contribution >= 4 is 36.8 Å². The molecule has 0 radical (unpaired) electrons. The summed E-state index contributed by atoms with van der Waals surface area (Å²) in [6.07, 6.45) is -2.26. The van der Waals surface area contributed by atoms with Crippen molar-refractivity contribution in [2.75, 3.05) is 27.4 Å². The quantitative estimate of drug-likeness (QED) is 0.359. The highest BCUT2D eigenvalue weighted by Gasteiger charge is 2.51. The van der Waals surface area contributed by atoms with Crippen LogP contribution < -0.4 is 5.46 Å². The highest BCUT2D eigenvalue weighted by atomic mass is 16.7. The zero-order chi connectivity index (χ0) is 28.6. The highest BCUT2D eigenvalue weighted by molar-refractivity contribution is 6.62. The second-order valence-corrected chi connectivity index (χ2v) is 11.6. The Morgan fingerprint density at radius 3 is 2.16 bits per heavy atom. The van der Waals surface area contributed by atoms with Gasteiger partial charge in [0.05, 0.1) is 31.1 Å². The van der Waals surface area contributed by atoms with Crippen LogP contribution in [0.4, 0.5) is 14.4 Å². The molecule has 1 aromatic rings. The average molecular weight is 531 g/mol. The van der Waals surface area contributed by atoms with E-state index in [-0.39, 0.29) is 31.9 Å². The van der Waals surface area contributed by atoms with E-state index in [0.717, 1.165) is 10.4 Å². The van der Waals surface area contributed by atoms with Crippen LogP contribution in [0.3, 0.4) is 0 Å².